The minimum Gasteiger partial charge on any atom is -0.480 e. The maximum atomic E-state index is 13.0. The van der Waals surface area contributed by atoms with Crippen molar-refractivity contribution in [1.82, 2.24) is 20.2 Å². The second kappa shape index (κ2) is 8.91. The number of aliphatic carboxylic acids is 1. The van der Waals surface area contributed by atoms with E-state index in [1.165, 1.54) is 4.68 Å². The number of aromatic nitrogens is 4. The fraction of sp³-hybridized carbons (Fsp3) is 0.125. The number of carboxylic acids is 1. The summed E-state index contributed by atoms with van der Waals surface area (Å²) >= 11 is 5.13. The molecular weight excluding hydrogens is 452 g/mol. The molecule has 1 unspecified atom stereocenters. The summed E-state index contributed by atoms with van der Waals surface area (Å²) in [5.41, 5.74) is 4.47. The highest BCUT2D eigenvalue weighted by molar-refractivity contribution is 7.71. The van der Waals surface area contributed by atoms with Gasteiger partial charge in [0.1, 0.15) is 6.04 Å². The summed E-state index contributed by atoms with van der Waals surface area (Å²) in [5, 5.41) is 22.8. The molecule has 5 rings (SSSR count). The lowest BCUT2D eigenvalue weighted by atomic mass is 9.93. The third-order valence-corrected chi connectivity index (χ3v) is 6.07. The number of nitrogens with one attached hydrogen (secondary N) is 2. The van der Waals surface area contributed by atoms with Gasteiger partial charge in [0.2, 0.25) is 4.77 Å². The zero-order chi connectivity index (χ0) is 23.7. The molecule has 0 radical (unpaired) electrons. The van der Waals surface area contributed by atoms with Crippen LogP contribution in [0.5, 0.6) is 0 Å². The number of rotatable bonds is 5. The number of H-pyrrole nitrogens is 1. The molecule has 1 atom stereocenters. The standard InChI is InChI=1S/C24H20N6O3S/c31-22(25-18-8-4-10-20(13-18)30-24(34)26-27-28-30)16-7-3-9-19(11-16)29-14-17-6-2-1-5-15(17)12-21(29)23(32)33/h1-11,13,21H,12,14H2,(H,25,31)(H,32,33)(H,26,28,34). The van der Waals surface area contributed by atoms with Gasteiger partial charge in [-0.15, -0.1) is 0 Å². The van der Waals surface area contributed by atoms with Crippen LogP contribution in [0.15, 0.2) is 72.8 Å². The normalized spacial score (nSPS) is 14.9. The quantitative estimate of drug-likeness (QED) is 0.380. The SMILES string of the molecule is O=C(Nc1cccc(-n2[nH]nnc2=S)c1)c1cccc(N2Cc3ccccc3CC2C(=O)O)c1. The van der Waals surface area contributed by atoms with Crippen LogP contribution in [0, 0.1) is 4.77 Å². The van der Waals surface area contributed by atoms with Gasteiger partial charge in [-0.25, -0.2) is 9.48 Å². The number of amides is 1. The Labute approximate surface area is 199 Å². The number of hydrogen-bond donors (Lipinski definition) is 3. The summed E-state index contributed by atoms with van der Waals surface area (Å²) in [7, 11) is 0. The monoisotopic (exact) mass is 472 g/mol. The van der Waals surface area contributed by atoms with E-state index in [2.05, 4.69) is 20.8 Å². The van der Waals surface area contributed by atoms with Gasteiger partial charge < -0.3 is 15.3 Å². The summed E-state index contributed by atoms with van der Waals surface area (Å²) in [6.07, 6.45) is 0.402. The number of tetrazole rings is 1. The third-order valence-electron chi connectivity index (χ3n) is 5.81. The molecule has 0 saturated carbocycles. The van der Waals surface area contributed by atoms with E-state index in [4.69, 9.17) is 12.2 Å². The molecule has 0 saturated heterocycles. The number of carboxylic acid groups (broad SMARTS) is 1. The highest BCUT2D eigenvalue weighted by atomic mass is 32.1. The largest absolute Gasteiger partial charge is 0.480 e. The maximum absolute atomic E-state index is 13.0. The van der Waals surface area contributed by atoms with Crippen LogP contribution in [0.4, 0.5) is 11.4 Å². The Bertz CT molecular complexity index is 1450. The van der Waals surface area contributed by atoms with E-state index in [0.29, 0.717) is 35.6 Å². The van der Waals surface area contributed by atoms with Gasteiger partial charge in [-0.1, -0.05) is 46.7 Å². The predicted molar refractivity (Wildman–Crippen MR) is 129 cm³/mol. The average molecular weight is 473 g/mol. The zero-order valence-electron chi connectivity index (χ0n) is 17.9. The summed E-state index contributed by atoms with van der Waals surface area (Å²) in [4.78, 5) is 26.9. The second-order valence-electron chi connectivity index (χ2n) is 7.93. The topological polar surface area (TPSA) is 116 Å². The molecule has 34 heavy (non-hydrogen) atoms. The zero-order valence-corrected chi connectivity index (χ0v) is 18.7. The summed E-state index contributed by atoms with van der Waals surface area (Å²) in [5.74, 6) is -1.21. The Kier molecular flexibility index (Phi) is 5.64. The van der Waals surface area contributed by atoms with Crippen LogP contribution in [0.1, 0.15) is 21.5 Å². The number of aromatic amines is 1. The fourth-order valence-corrected chi connectivity index (χ4v) is 4.32. The number of carbonyl (C=O) groups excluding carboxylic acids is 1. The maximum Gasteiger partial charge on any atom is 0.326 e. The van der Waals surface area contributed by atoms with Gasteiger partial charge in [0.25, 0.3) is 5.91 Å². The molecule has 1 aliphatic rings. The molecule has 0 fully saturated rings. The lowest BCUT2D eigenvalue weighted by Crippen LogP contribution is -2.45. The van der Waals surface area contributed by atoms with Crippen molar-refractivity contribution in [2.24, 2.45) is 0 Å². The first-order chi connectivity index (χ1) is 16.5. The Morgan fingerprint density at radius 2 is 1.76 bits per heavy atom. The first kappa shape index (κ1) is 21.5. The van der Waals surface area contributed by atoms with Crippen LogP contribution >= 0.6 is 12.2 Å². The predicted octanol–water partition coefficient (Wildman–Crippen LogP) is 3.59. The van der Waals surface area contributed by atoms with Crippen molar-refractivity contribution < 1.29 is 14.7 Å². The average Bonchev–Trinajstić information content (AvgIpc) is 3.29. The summed E-state index contributed by atoms with van der Waals surface area (Å²) in [6.45, 7) is 0.457. The number of anilines is 2. The van der Waals surface area contributed by atoms with Gasteiger partial charge in [0, 0.05) is 29.9 Å². The van der Waals surface area contributed by atoms with Gasteiger partial charge in [-0.3, -0.25) is 4.79 Å². The highest BCUT2D eigenvalue weighted by Crippen LogP contribution is 2.29. The molecule has 4 aromatic rings. The smallest absolute Gasteiger partial charge is 0.326 e. The highest BCUT2D eigenvalue weighted by Gasteiger charge is 2.31. The minimum atomic E-state index is -0.895. The third kappa shape index (κ3) is 4.18. The van der Waals surface area contributed by atoms with Gasteiger partial charge in [0.05, 0.1) is 5.69 Å². The molecule has 10 heteroatoms. The first-order valence-electron chi connectivity index (χ1n) is 10.6. The molecule has 170 valence electrons. The van der Waals surface area contributed by atoms with Crippen LogP contribution in [-0.2, 0) is 17.8 Å². The Morgan fingerprint density at radius 3 is 2.53 bits per heavy atom. The van der Waals surface area contributed by atoms with E-state index in [1.54, 1.807) is 36.4 Å². The van der Waals surface area contributed by atoms with Gasteiger partial charge in [-0.2, -0.15) is 5.21 Å². The van der Waals surface area contributed by atoms with E-state index >= 15 is 0 Å². The Morgan fingerprint density at radius 1 is 1.00 bits per heavy atom. The summed E-state index contributed by atoms with van der Waals surface area (Å²) < 4.78 is 1.79. The molecule has 0 aliphatic carbocycles. The van der Waals surface area contributed by atoms with E-state index in [9.17, 15) is 14.7 Å². The van der Waals surface area contributed by atoms with Gasteiger partial charge >= 0.3 is 5.97 Å². The number of benzene rings is 3. The van der Waals surface area contributed by atoms with Gasteiger partial charge in [-0.05, 0) is 59.7 Å². The molecule has 1 amide bonds. The molecule has 3 aromatic carbocycles. The van der Waals surface area contributed by atoms with Crippen molar-refractivity contribution in [1.29, 1.82) is 0 Å². The lowest BCUT2D eigenvalue weighted by molar-refractivity contribution is -0.138. The molecule has 1 aliphatic heterocycles. The van der Waals surface area contributed by atoms with Crippen molar-refractivity contribution in [2.45, 2.75) is 19.0 Å². The van der Waals surface area contributed by atoms with Crippen molar-refractivity contribution in [2.75, 3.05) is 10.2 Å². The number of hydrogen-bond acceptors (Lipinski definition) is 6. The number of carbonyl (C=O) groups is 2. The van der Waals surface area contributed by atoms with Crippen LogP contribution in [0.3, 0.4) is 0 Å². The molecule has 9 nitrogen and oxygen atoms in total. The molecule has 0 spiro atoms. The van der Waals surface area contributed by atoms with Crippen LogP contribution in [0.25, 0.3) is 5.69 Å². The van der Waals surface area contributed by atoms with E-state index in [0.717, 1.165) is 11.1 Å². The van der Waals surface area contributed by atoms with Crippen molar-refractivity contribution in [3.63, 3.8) is 0 Å². The van der Waals surface area contributed by atoms with Gasteiger partial charge in [0.15, 0.2) is 0 Å². The van der Waals surface area contributed by atoms with Crippen molar-refractivity contribution >= 4 is 35.5 Å². The van der Waals surface area contributed by atoms with Crippen LogP contribution < -0.4 is 10.2 Å². The van der Waals surface area contributed by atoms with E-state index in [-0.39, 0.29) is 10.7 Å². The Hall–Kier alpha value is -4.31. The molecule has 1 aromatic heterocycles. The van der Waals surface area contributed by atoms with Crippen molar-refractivity contribution in [3.05, 3.63) is 94.3 Å². The van der Waals surface area contributed by atoms with Crippen LogP contribution in [0.2, 0.25) is 0 Å². The molecular formula is C24H20N6O3S. The van der Waals surface area contributed by atoms with Crippen LogP contribution in [-0.4, -0.2) is 43.2 Å². The minimum absolute atomic E-state index is 0.271. The second-order valence-corrected chi connectivity index (χ2v) is 8.29. The molecule has 2 heterocycles. The first-order valence-corrected chi connectivity index (χ1v) is 11.0. The van der Waals surface area contributed by atoms with E-state index < -0.39 is 12.0 Å². The molecule has 0 bridgehead atoms. The van der Waals surface area contributed by atoms with E-state index in [1.807, 2.05) is 41.3 Å². The fourth-order valence-electron chi connectivity index (χ4n) is 4.13. The lowest BCUT2D eigenvalue weighted by Gasteiger charge is -2.36. The Balaban J connectivity index is 1.40. The molecule has 3 N–H and O–H groups in total. The summed E-state index contributed by atoms with van der Waals surface area (Å²) in [6, 6.07) is 21.2. The number of nitrogens with zero attached hydrogens (tertiary/aromatic N) is 4. The number of fused-ring (bicyclic) bond motifs is 1. The van der Waals surface area contributed by atoms with Crippen molar-refractivity contribution in [3.8, 4) is 5.69 Å².